The van der Waals surface area contributed by atoms with Crippen LogP contribution >= 0.6 is 11.3 Å². The van der Waals surface area contributed by atoms with Crippen molar-refractivity contribution in [3.8, 4) is 0 Å². The summed E-state index contributed by atoms with van der Waals surface area (Å²) in [5.41, 5.74) is 5.62. The molecule has 0 saturated carbocycles. The minimum absolute atomic E-state index is 0.0716. The molecule has 0 aliphatic heterocycles. The molecule has 1 aromatic heterocycles. The molecule has 0 saturated heterocycles. The van der Waals surface area contributed by atoms with Crippen LogP contribution in [0.2, 0.25) is 0 Å². The number of carbonyl (C=O) groups is 2. The molecule has 1 aromatic rings. The summed E-state index contributed by atoms with van der Waals surface area (Å²) in [7, 11) is 1.69. The quantitative estimate of drug-likeness (QED) is 0.600. The maximum atomic E-state index is 11.8. The van der Waals surface area contributed by atoms with Gasteiger partial charge < -0.3 is 21.7 Å². The number of aromatic nitrogens is 1. The van der Waals surface area contributed by atoms with Crippen LogP contribution in [0.3, 0.4) is 0 Å². The number of carbonyl (C=O) groups excluding carboxylic acids is 2. The molecule has 7 nitrogen and oxygen atoms in total. The third kappa shape index (κ3) is 4.74. The Hall–Kier alpha value is -1.83. The first-order chi connectivity index (χ1) is 8.93. The zero-order chi connectivity index (χ0) is 14.4. The van der Waals surface area contributed by atoms with Crippen molar-refractivity contribution in [2.75, 3.05) is 31.2 Å². The summed E-state index contributed by atoms with van der Waals surface area (Å²) in [6.45, 7) is 4.51. The largest absolute Gasteiger partial charge is 0.382 e. The van der Waals surface area contributed by atoms with Gasteiger partial charge in [0.1, 0.15) is 10.7 Å². The fraction of sp³-hybridized carbons (Fsp3) is 0.545. The average molecular weight is 285 g/mol. The van der Waals surface area contributed by atoms with E-state index in [0.717, 1.165) is 11.3 Å². The van der Waals surface area contributed by atoms with Gasteiger partial charge in [0.15, 0.2) is 5.13 Å². The highest BCUT2D eigenvalue weighted by molar-refractivity contribution is 7.18. The second kappa shape index (κ2) is 6.93. The summed E-state index contributed by atoms with van der Waals surface area (Å²) >= 11 is 1.15. The van der Waals surface area contributed by atoms with Crippen LogP contribution in [-0.2, 0) is 4.79 Å². The van der Waals surface area contributed by atoms with Crippen LogP contribution in [0, 0.1) is 5.92 Å². The molecule has 0 aliphatic rings. The Morgan fingerprint density at radius 2 is 2.05 bits per heavy atom. The highest BCUT2D eigenvalue weighted by Crippen LogP contribution is 2.23. The van der Waals surface area contributed by atoms with Crippen molar-refractivity contribution in [1.82, 2.24) is 15.6 Å². The Morgan fingerprint density at radius 3 is 2.58 bits per heavy atom. The van der Waals surface area contributed by atoms with Gasteiger partial charge in [-0.3, -0.25) is 9.59 Å². The van der Waals surface area contributed by atoms with Gasteiger partial charge in [0.2, 0.25) is 5.91 Å². The van der Waals surface area contributed by atoms with Gasteiger partial charge in [0, 0.05) is 13.6 Å². The highest BCUT2D eigenvalue weighted by atomic mass is 32.1. The number of nitrogens with two attached hydrogens (primary N) is 1. The molecule has 0 fully saturated rings. The molecule has 0 aliphatic carbocycles. The Labute approximate surface area is 116 Å². The van der Waals surface area contributed by atoms with Crippen LogP contribution in [-0.4, -0.2) is 36.9 Å². The fourth-order valence-corrected chi connectivity index (χ4v) is 1.98. The van der Waals surface area contributed by atoms with Crippen LogP contribution in [0.1, 0.15) is 23.5 Å². The average Bonchev–Trinajstić information content (AvgIpc) is 2.74. The number of nitrogens with one attached hydrogen (secondary N) is 3. The molecule has 8 heteroatoms. The monoisotopic (exact) mass is 285 g/mol. The van der Waals surface area contributed by atoms with Crippen LogP contribution < -0.4 is 21.7 Å². The smallest absolute Gasteiger partial charge is 0.265 e. The van der Waals surface area contributed by atoms with Crippen molar-refractivity contribution >= 4 is 34.1 Å². The van der Waals surface area contributed by atoms with Crippen molar-refractivity contribution in [2.45, 2.75) is 13.8 Å². The summed E-state index contributed by atoms with van der Waals surface area (Å²) in [6, 6.07) is 0. The van der Waals surface area contributed by atoms with Crippen LogP contribution in [0.5, 0.6) is 0 Å². The first-order valence-electron chi connectivity index (χ1n) is 5.93. The van der Waals surface area contributed by atoms with Crippen LogP contribution in [0.15, 0.2) is 0 Å². The highest BCUT2D eigenvalue weighted by Gasteiger charge is 2.16. The van der Waals surface area contributed by atoms with Crippen molar-refractivity contribution in [3.63, 3.8) is 0 Å². The van der Waals surface area contributed by atoms with E-state index in [2.05, 4.69) is 20.9 Å². The van der Waals surface area contributed by atoms with E-state index in [9.17, 15) is 9.59 Å². The standard InChI is InChI=1S/C11H19N5O2S/c1-6(2)4-14-7(17)5-15-10(18)8-9(12)16-11(13-3)19-8/h6H,4-5,12H2,1-3H3,(H,13,16)(H,14,17)(H,15,18). The first kappa shape index (κ1) is 15.2. The molecule has 0 aromatic carbocycles. The number of rotatable bonds is 6. The molecule has 0 spiro atoms. The lowest BCUT2D eigenvalue weighted by Gasteiger charge is -2.08. The maximum absolute atomic E-state index is 11.8. The van der Waals surface area contributed by atoms with Gasteiger partial charge in [-0.1, -0.05) is 25.2 Å². The summed E-state index contributed by atoms with van der Waals surface area (Å²) < 4.78 is 0. The van der Waals surface area contributed by atoms with E-state index in [1.165, 1.54) is 0 Å². The van der Waals surface area contributed by atoms with Crippen LogP contribution in [0.25, 0.3) is 0 Å². The van der Waals surface area contributed by atoms with Gasteiger partial charge in [-0.05, 0) is 5.92 Å². The lowest BCUT2D eigenvalue weighted by atomic mass is 10.2. The molecular formula is C11H19N5O2S. The Kier molecular flexibility index (Phi) is 5.56. The lowest BCUT2D eigenvalue weighted by Crippen LogP contribution is -2.38. The van der Waals surface area contributed by atoms with Crippen molar-refractivity contribution in [2.24, 2.45) is 5.92 Å². The van der Waals surface area contributed by atoms with Gasteiger partial charge in [0.25, 0.3) is 5.91 Å². The van der Waals surface area contributed by atoms with E-state index in [1.807, 2.05) is 13.8 Å². The predicted molar refractivity (Wildman–Crippen MR) is 76.3 cm³/mol. The zero-order valence-corrected chi connectivity index (χ0v) is 12.1. The first-order valence-corrected chi connectivity index (χ1v) is 6.74. The third-order valence-corrected chi connectivity index (χ3v) is 3.28. The molecule has 0 radical (unpaired) electrons. The van der Waals surface area contributed by atoms with Crippen molar-refractivity contribution < 1.29 is 9.59 Å². The SMILES string of the molecule is CNc1nc(N)c(C(=O)NCC(=O)NCC(C)C)s1. The molecule has 106 valence electrons. The number of thiazole rings is 1. The Bertz CT molecular complexity index is 458. The Balaban J connectivity index is 2.46. The number of nitrogen functional groups attached to an aromatic ring is 1. The number of amides is 2. The summed E-state index contributed by atoms with van der Waals surface area (Å²) in [4.78, 5) is 27.5. The number of hydrogen-bond donors (Lipinski definition) is 4. The second-order valence-electron chi connectivity index (χ2n) is 4.36. The predicted octanol–water partition coefficient (Wildman–Crippen LogP) is 0.269. The van der Waals surface area contributed by atoms with Gasteiger partial charge in [-0.15, -0.1) is 0 Å². The summed E-state index contributed by atoms with van der Waals surface area (Å²) in [5.74, 6) is -0.0837. The zero-order valence-electron chi connectivity index (χ0n) is 11.2. The number of anilines is 2. The summed E-state index contributed by atoms with van der Waals surface area (Å²) in [5, 5.41) is 8.59. The number of hydrogen-bond acceptors (Lipinski definition) is 6. The Morgan fingerprint density at radius 1 is 1.37 bits per heavy atom. The van der Waals surface area contributed by atoms with E-state index in [-0.39, 0.29) is 18.3 Å². The molecule has 19 heavy (non-hydrogen) atoms. The maximum Gasteiger partial charge on any atom is 0.265 e. The lowest BCUT2D eigenvalue weighted by molar-refractivity contribution is -0.120. The van der Waals surface area contributed by atoms with Crippen molar-refractivity contribution in [3.05, 3.63) is 4.88 Å². The molecule has 1 heterocycles. The normalized spacial score (nSPS) is 10.3. The van der Waals surface area contributed by atoms with Gasteiger partial charge >= 0.3 is 0 Å². The summed E-state index contributed by atoms with van der Waals surface area (Å²) in [6.07, 6.45) is 0. The van der Waals surface area contributed by atoms with E-state index < -0.39 is 5.91 Å². The number of nitrogens with zero attached hydrogens (tertiary/aromatic N) is 1. The topological polar surface area (TPSA) is 109 Å². The van der Waals surface area contributed by atoms with Gasteiger partial charge in [-0.25, -0.2) is 4.98 Å². The fourth-order valence-electron chi connectivity index (χ4n) is 1.22. The van der Waals surface area contributed by atoms with E-state index in [1.54, 1.807) is 7.05 Å². The molecule has 0 unspecified atom stereocenters. The third-order valence-electron chi connectivity index (χ3n) is 2.19. The van der Waals surface area contributed by atoms with Crippen LogP contribution in [0.4, 0.5) is 10.9 Å². The van der Waals surface area contributed by atoms with E-state index in [4.69, 9.17) is 5.73 Å². The van der Waals surface area contributed by atoms with Crippen molar-refractivity contribution in [1.29, 1.82) is 0 Å². The molecule has 5 N–H and O–H groups in total. The van der Waals surface area contributed by atoms with E-state index >= 15 is 0 Å². The molecule has 0 atom stereocenters. The molecule has 2 amide bonds. The second-order valence-corrected chi connectivity index (χ2v) is 5.36. The van der Waals surface area contributed by atoms with Gasteiger partial charge in [-0.2, -0.15) is 0 Å². The molecular weight excluding hydrogens is 266 g/mol. The van der Waals surface area contributed by atoms with Gasteiger partial charge in [0.05, 0.1) is 6.54 Å². The molecule has 1 rings (SSSR count). The molecule has 0 bridgehead atoms. The van der Waals surface area contributed by atoms with E-state index in [0.29, 0.717) is 22.5 Å². The minimum atomic E-state index is -0.392. The minimum Gasteiger partial charge on any atom is -0.382 e.